The van der Waals surface area contributed by atoms with Crippen LogP contribution in [0, 0.1) is 0 Å². The number of halogens is 2. The molecule has 72 valence electrons. The molecule has 4 N–H and O–H groups in total. The molecule has 1 aromatic carbocycles. The second-order valence-corrected chi connectivity index (χ2v) is 3.94. The first kappa shape index (κ1) is 10.8. The molecule has 0 aliphatic rings. The zero-order valence-electron chi connectivity index (χ0n) is 6.67. The number of aliphatic hydroxyl groups excluding tert-OH is 1. The van der Waals surface area contributed by atoms with Crippen molar-refractivity contribution in [3.05, 3.63) is 27.2 Å². The lowest BCUT2D eigenvalue weighted by Gasteiger charge is -2.12. The van der Waals surface area contributed by atoms with Crippen LogP contribution in [0.3, 0.4) is 0 Å². The molecule has 0 radical (unpaired) electrons. The molecule has 0 spiro atoms. The van der Waals surface area contributed by atoms with Crippen molar-refractivity contribution < 1.29 is 10.2 Å². The van der Waals surface area contributed by atoms with Gasteiger partial charge in [0.2, 0.25) is 0 Å². The smallest absolute Gasteiger partial charge is 0.139 e. The minimum absolute atomic E-state index is 0.0774. The molecule has 13 heavy (non-hydrogen) atoms. The van der Waals surface area contributed by atoms with E-state index in [2.05, 4.69) is 15.9 Å². The van der Waals surface area contributed by atoms with Gasteiger partial charge in [-0.25, -0.2) is 0 Å². The topological polar surface area (TPSA) is 66.5 Å². The summed E-state index contributed by atoms with van der Waals surface area (Å²) < 4.78 is 0.717. The second kappa shape index (κ2) is 4.28. The van der Waals surface area contributed by atoms with Crippen molar-refractivity contribution >= 4 is 27.5 Å². The highest BCUT2D eigenvalue weighted by molar-refractivity contribution is 9.10. The Morgan fingerprint density at radius 3 is 2.69 bits per heavy atom. The summed E-state index contributed by atoms with van der Waals surface area (Å²) in [5.74, 6) is -0.0774. The summed E-state index contributed by atoms with van der Waals surface area (Å²) in [5.41, 5.74) is 5.98. The molecular weight excluding hydrogens is 257 g/mol. The SMILES string of the molecule is N[C@@H](CO)c1cc(Br)cc(Cl)c1O. The Labute approximate surface area is 89.3 Å². The van der Waals surface area contributed by atoms with E-state index in [1.165, 1.54) is 0 Å². The molecule has 5 heteroatoms. The average Bonchev–Trinajstić information content (AvgIpc) is 2.10. The maximum absolute atomic E-state index is 9.48. The van der Waals surface area contributed by atoms with Crippen LogP contribution in [-0.4, -0.2) is 16.8 Å². The van der Waals surface area contributed by atoms with Crippen LogP contribution in [0.1, 0.15) is 11.6 Å². The summed E-state index contributed by atoms with van der Waals surface area (Å²) in [7, 11) is 0. The predicted molar refractivity (Wildman–Crippen MR) is 54.8 cm³/mol. The van der Waals surface area contributed by atoms with Crippen molar-refractivity contribution in [3.63, 3.8) is 0 Å². The van der Waals surface area contributed by atoms with E-state index in [1.54, 1.807) is 12.1 Å². The molecule has 1 atom stereocenters. The van der Waals surface area contributed by atoms with Gasteiger partial charge in [-0.3, -0.25) is 0 Å². The second-order valence-electron chi connectivity index (χ2n) is 2.61. The number of hydrogen-bond acceptors (Lipinski definition) is 3. The summed E-state index contributed by atoms with van der Waals surface area (Å²) in [6.45, 7) is -0.236. The van der Waals surface area contributed by atoms with Crippen molar-refractivity contribution in [2.24, 2.45) is 5.73 Å². The van der Waals surface area contributed by atoms with Gasteiger partial charge in [-0.1, -0.05) is 27.5 Å². The van der Waals surface area contributed by atoms with Crippen LogP contribution < -0.4 is 5.73 Å². The molecule has 1 rings (SSSR count). The van der Waals surface area contributed by atoms with E-state index in [-0.39, 0.29) is 17.4 Å². The van der Waals surface area contributed by atoms with E-state index in [0.29, 0.717) is 10.0 Å². The lowest BCUT2D eigenvalue weighted by atomic mass is 10.1. The van der Waals surface area contributed by atoms with Crippen molar-refractivity contribution in [2.45, 2.75) is 6.04 Å². The molecule has 0 aliphatic carbocycles. The minimum Gasteiger partial charge on any atom is -0.506 e. The van der Waals surface area contributed by atoms with E-state index in [0.717, 1.165) is 0 Å². The quantitative estimate of drug-likeness (QED) is 0.765. The minimum atomic E-state index is -0.616. The Morgan fingerprint density at radius 1 is 1.54 bits per heavy atom. The number of hydrogen-bond donors (Lipinski definition) is 3. The number of nitrogens with two attached hydrogens (primary N) is 1. The van der Waals surface area contributed by atoms with Gasteiger partial charge in [0.1, 0.15) is 5.75 Å². The first-order valence-corrected chi connectivity index (χ1v) is 4.77. The van der Waals surface area contributed by atoms with Crippen molar-refractivity contribution in [1.82, 2.24) is 0 Å². The number of aliphatic hydroxyl groups is 1. The Hall–Kier alpha value is -0.290. The molecule has 0 aromatic heterocycles. The molecule has 3 nitrogen and oxygen atoms in total. The molecule has 0 aliphatic heterocycles. The molecule has 0 saturated heterocycles. The Morgan fingerprint density at radius 2 is 2.15 bits per heavy atom. The maximum Gasteiger partial charge on any atom is 0.139 e. The highest BCUT2D eigenvalue weighted by Gasteiger charge is 2.13. The van der Waals surface area contributed by atoms with Crippen LogP contribution in [0.4, 0.5) is 0 Å². The van der Waals surface area contributed by atoms with Crippen molar-refractivity contribution in [2.75, 3.05) is 6.61 Å². The van der Waals surface area contributed by atoms with E-state index < -0.39 is 6.04 Å². The standard InChI is InChI=1S/C8H9BrClNO2/c9-4-1-5(7(11)3-12)8(13)6(10)2-4/h1-2,7,12-13H,3,11H2/t7-/m0/s1. The largest absolute Gasteiger partial charge is 0.506 e. The fourth-order valence-corrected chi connectivity index (χ4v) is 1.80. The first-order chi connectivity index (χ1) is 6.06. The van der Waals surface area contributed by atoms with E-state index >= 15 is 0 Å². The third-order valence-corrected chi connectivity index (χ3v) is 2.40. The third-order valence-electron chi connectivity index (χ3n) is 1.65. The van der Waals surface area contributed by atoms with Crippen LogP contribution >= 0.6 is 27.5 Å². The van der Waals surface area contributed by atoms with Crippen LogP contribution in [0.5, 0.6) is 5.75 Å². The highest BCUT2D eigenvalue weighted by Crippen LogP contribution is 2.33. The molecule has 0 fully saturated rings. The summed E-state index contributed by atoms with van der Waals surface area (Å²) in [6.07, 6.45) is 0. The van der Waals surface area contributed by atoms with Gasteiger partial charge in [-0.2, -0.15) is 0 Å². The molecule has 0 heterocycles. The zero-order valence-corrected chi connectivity index (χ0v) is 9.01. The highest BCUT2D eigenvalue weighted by atomic mass is 79.9. The summed E-state index contributed by atoms with van der Waals surface area (Å²) >= 11 is 8.91. The zero-order chi connectivity index (χ0) is 10.0. The van der Waals surface area contributed by atoms with Crippen molar-refractivity contribution in [3.8, 4) is 5.75 Å². The van der Waals surface area contributed by atoms with Gasteiger partial charge < -0.3 is 15.9 Å². The van der Waals surface area contributed by atoms with Gasteiger partial charge in [-0.05, 0) is 12.1 Å². The normalized spacial score (nSPS) is 12.9. The molecular formula is C8H9BrClNO2. The molecule has 0 amide bonds. The average molecular weight is 267 g/mol. The number of benzene rings is 1. The molecule has 0 unspecified atom stereocenters. The Balaban J connectivity index is 3.20. The lowest BCUT2D eigenvalue weighted by molar-refractivity contribution is 0.265. The molecule has 0 bridgehead atoms. The van der Waals surface area contributed by atoms with E-state index in [9.17, 15) is 5.11 Å². The van der Waals surface area contributed by atoms with Crippen LogP contribution in [-0.2, 0) is 0 Å². The van der Waals surface area contributed by atoms with Gasteiger partial charge >= 0.3 is 0 Å². The number of phenolic OH excluding ortho intramolecular Hbond substituents is 1. The Kier molecular flexibility index (Phi) is 3.55. The first-order valence-electron chi connectivity index (χ1n) is 3.60. The summed E-state index contributed by atoms with van der Waals surface area (Å²) in [4.78, 5) is 0. The van der Waals surface area contributed by atoms with Gasteiger partial charge in [0, 0.05) is 10.0 Å². The fourth-order valence-electron chi connectivity index (χ4n) is 0.967. The summed E-state index contributed by atoms with van der Waals surface area (Å²) in [6, 6.07) is 2.57. The summed E-state index contributed by atoms with van der Waals surface area (Å²) in [5, 5.41) is 18.5. The van der Waals surface area contributed by atoms with Crippen LogP contribution in [0.25, 0.3) is 0 Å². The number of rotatable bonds is 2. The third kappa shape index (κ3) is 2.34. The van der Waals surface area contributed by atoms with Gasteiger partial charge in [0.15, 0.2) is 0 Å². The molecule has 0 saturated carbocycles. The van der Waals surface area contributed by atoms with Crippen molar-refractivity contribution in [1.29, 1.82) is 0 Å². The maximum atomic E-state index is 9.48. The van der Waals surface area contributed by atoms with Crippen LogP contribution in [0.2, 0.25) is 5.02 Å². The Bertz CT molecular complexity index is 319. The fraction of sp³-hybridized carbons (Fsp3) is 0.250. The van der Waals surface area contributed by atoms with Crippen LogP contribution in [0.15, 0.2) is 16.6 Å². The van der Waals surface area contributed by atoms with E-state index in [4.69, 9.17) is 22.4 Å². The molecule has 1 aromatic rings. The van der Waals surface area contributed by atoms with E-state index in [1.807, 2.05) is 0 Å². The van der Waals surface area contributed by atoms with Gasteiger partial charge in [0.05, 0.1) is 17.7 Å². The number of phenols is 1. The number of aromatic hydroxyl groups is 1. The predicted octanol–water partition coefficient (Wildman–Crippen LogP) is 1.80. The van der Waals surface area contributed by atoms with Gasteiger partial charge in [0.25, 0.3) is 0 Å². The van der Waals surface area contributed by atoms with Gasteiger partial charge in [-0.15, -0.1) is 0 Å². The monoisotopic (exact) mass is 265 g/mol. The lowest BCUT2D eigenvalue weighted by Crippen LogP contribution is -2.14.